The van der Waals surface area contributed by atoms with E-state index < -0.39 is 11.9 Å². The van der Waals surface area contributed by atoms with Gasteiger partial charge in [0.25, 0.3) is 0 Å². The minimum absolute atomic E-state index is 0.0542. The SMILES string of the molecule is COc1ccc(C(=O)OC2=CC=C(OC(=O)c3ccc(OC(C)C)cc3)CC(C)=C2)cc1. The highest BCUT2D eigenvalue weighted by Gasteiger charge is 2.15. The molecule has 3 rings (SSSR count). The maximum atomic E-state index is 12.5. The number of methoxy groups -OCH3 is 1. The predicted octanol–water partition coefficient (Wildman–Crippen LogP) is 5.61. The summed E-state index contributed by atoms with van der Waals surface area (Å²) < 4.78 is 21.7. The van der Waals surface area contributed by atoms with E-state index in [0.717, 1.165) is 5.57 Å². The zero-order chi connectivity index (χ0) is 23.1. The van der Waals surface area contributed by atoms with Gasteiger partial charge in [0.2, 0.25) is 0 Å². The van der Waals surface area contributed by atoms with E-state index in [-0.39, 0.29) is 6.10 Å². The minimum Gasteiger partial charge on any atom is -0.497 e. The Kier molecular flexibility index (Phi) is 7.49. The van der Waals surface area contributed by atoms with Crippen molar-refractivity contribution >= 4 is 11.9 Å². The molecule has 0 saturated heterocycles. The van der Waals surface area contributed by atoms with E-state index in [9.17, 15) is 9.59 Å². The van der Waals surface area contributed by atoms with Gasteiger partial charge in [0.1, 0.15) is 23.0 Å². The van der Waals surface area contributed by atoms with Gasteiger partial charge >= 0.3 is 11.9 Å². The summed E-state index contributed by atoms with van der Waals surface area (Å²) in [5.74, 6) is 1.22. The summed E-state index contributed by atoms with van der Waals surface area (Å²) in [6, 6.07) is 13.5. The van der Waals surface area contributed by atoms with Gasteiger partial charge in [-0.15, -0.1) is 0 Å². The number of rotatable bonds is 7. The fourth-order valence-electron chi connectivity index (χ4n) is 3.00. The van der Waals surface area contributed by atoms with Crippen LogP contribution in [0.1, 0.15) is 47.9 Å². The zero-order valence-electron chi connectivity index (χ0n) is 18.6. The number of esters is 2. The molecule has 2 aromatic rings. The van der Waals surface area contributed by atoms with E-state index in [1.165, 1.54) is 0 Å². The van der Waals surface area contributed by atoms with Crippen molar-refractivity contribution in [2.75, 3.05) is 7.11 Å². The zero-order valence-corrected chi connectivity index (χ0v) is 18.6. The Morgan fingerprint density at radius 3 is 1.94 bits per heavy atom. The average Bonchev–Trinajstić information content (AvgIpc) is 2.94. The number of hydrogen-bond donors (Lipinski definition) is 0. The molecule has 32 heavy (non-hydrogen) atoms. The molecule has 1 aliphatic carbocycles. The van der Waals surface area contributed by atoms with Gasteiger partial charge in [-0.25, -0.2) is 9.59 Å². The van der Waals surface area contributed by atoms with E-state index >= 15 is 0 Å². The fourth-order valence-corrected chi connectivity index (χ4v) is 3.00. The molecule has 1 aliphatic rings. The number of hydrogen-bond acceptors (Lipinski definition) is 6. The van der Waals surface area contributed by atoms with E-state index in [1.807, 2.05) is 20.8 Å². The molecule has 0 saturated carbocycles. The molecule has 0 fully saturated rings. The molecule has 0 aliphatic heterocycles. The van der Waals surface area contributed by atoms with Gasteiger partial charge in [-0.3, -0.25) is 0 Å². The topological polar surface area (TPSA) is 71.1 Å². The Labute approximate surface area is 187 Å². The third-order valence-corrected chi connectivity index (χ3v) is 4.50. The predicted molar refractivity (Wildman–Crippen MR) is 121 cm³/mol. The smallest absolute Gasteiger partial charge is 0.343 e. The van der Waals surface area contributed by atoms with Gasteiger partial charge in [0.05, 0.1) is 24.3 Å². The second-order valence-electron chi connectivity index (χ2n) is 7.57. The van der Waals surface area contributed by atoms with Crippen LogP contribution < -0.4 is 9.47 Å². The summed E-state index contributed by atoms with van der Waals surface area (Å²) in [6.45, 7) is 5.75. The van der Waals surface area contributed by atoms with Crippen molar-refractivity contribution in [3.63, 3.8) is 0 Å². The highest BCUT2D eigenvalue weighted by atomic mass is 16.5. The Hall–Kier alpha value is -3.80. The van der Waals surface area contributed by atoms with Gasteiger partial charge in [-0.05, 0) is 87.5 Å². The van der Waals surface area contributed by atoms with Crippen LogP contribution in [0, 0.1) is 0 Å². The molecular formula is C26H26O6. The molecule has 0 amide bonds. The van der Waals surface area contributed by atoms with Crippen LogP contribution in [0.3, 0.4) is 0 Å². The standard InChI is InChI=1S/C26H26O6/c1-17(2)30-22-11-7-20(8-12-22)26(28)32-24-14-13-23(15-18(3)16-24)31-25(27)19-5-9-21(29-4)10-6-19/h5-15,17H,16H2,1-4H3. The average molecular weight is 434 g/mol. The van der Waals surface area contributed by atoms with Crippen molar-refractivity contribution < 1.29 is 28.5 Å². The van der Waals surface area contributed by atoms with Crippen LogP contribution in [0.15, 0.2) is 83.9 Å². The lowest BCUT2D eigenvalue weighted by atomic mass is 10.2. The molecule has 0 bridgehead atoms. The molecule has 0 spiro atoms. The Morgan fingerprint density at radius 2 is 1.38 bits per heavy atom. The van der Waals surface area contributed by atoms with E-state index in [2.05, 4.69) is 0 Å². The lowest BCUT2D eigenvalue weighted by Crippen LogP contribution is -2.07. The third-order valence-electron chi connectivity index (χ3n) is 4.50. The molecule has 0 atom stereocenters. The lowest BCUT2D eigenvalue weighted by molar-refractivity contribution is 0.0613. The normalized spacial score (nSPS) is 13.3. The van der Waals surface area contributed by atoms with Crippen molar-refractivity contribution in [3.05, 3.63) is 95.0 Å². The summed E-state index contributed by atoms with van der Waals surface area (Å²) in [4.78, 5) is 24.9. The lowest BCUT2D eigenvalue weighted by Gasteiger charge is -2.11. The third kappa shape index (κ3) is 6.35. The number of allylic oxidation sites excluding steroid dienone is 4. The Morgan fingerprint density at radius 1 is 0.812 bits per heavy atom. The molecule has 2 aromatic carbocycles. The van der Waals surface area contributed by atoms with Crippen LogP contribution in [0.5, 0.6) is 11.5 Å². The first-order chi connectivity index (χ1) is 15.3. The molecule has 0 radical (unpaired) electrons. The highest BCUT2D eigenvalue weighted by molar-refractivity contribution is 5.91. The molecule has 6 nitrogen and oxygen atoms in total. The summed E-state index contributed by atoms with van der Waals surface area (Å²) in [7, 11) is 1.56. The minimum atomic E-state index is -0.486. The molecule has 166 valence electrons. The molecule has 0 N–H and O–H groups in total. The first-order valence-corrected chi connectivity index (χ1v) is 10.3. The van der Waals surface area contributed by atoms with E-state index in [4.69, 9.17) is 18.9 Å². The summed E-state index contributed by atoms with van der Waals surface area (Å²) >= 11 is 0. The maximum absolute atomic E-state index is 12.5. The Bertz CT molecular complexity index is 1060. The van der Waals surface area contributed by atoms with Gasteiger partial charge in [-0.2, -0.15) is 0 Å². The van der Waals surface area contributed by atoms with Crippen LogP contribution in [0.4, 0.5) is 0 Å². The van der Waals surface area contributed by atoms with Gasteiger partial charge in [0, 0.05) is 6.42 Å². The first-order valence-electron chi connectivity index (χ1n) is 10.3. The van der Waals surface area contributed by atoms with E-state index in [0.29, 0.717) is 40.6 Å². The number of carbonyl (C=O) groups excluding carboxylic acids is 2. The molecular weight excluding hydrogens is 408 g/mol. The highest BCUT2D eigenvalue weighted by Crippen LogP contribution is 2.22. The van der Waals surface area contributed by atoms with E-state index in [1.54, 1.807) is 73.9 Å². The Balaban J connectivity index is 1.66. The number of carbonyl (C=O) groups is 2. The van der Waals surface area contributed by atoms with Crippen LogP contribution in [0.2, 0.25) is 0 Å². The summed E-state index contributed by atoms with van der Waals surface area (Å²) in [5, 5.41) is 0. The van der Waals surface area contributed by atoms with Crippen molar-refractivity contribution in [3.8, 4) is 11.5 Å². The van der Waals surface area contributed by atoms with Crippen molar-refractivity contribution in [1.29, 1.82) is 0 Å². The molecule has 0 unspecified atom stereocenters. The van der Waals surface area contributed by atoms with Crippen molar-refractivity contribution in [1.82, 2.24) is 0 Å². The first kappa shape index (κ1) is 22.9. The van der Waals surface area contributed by atoms with Crippen LogP contribution in [-0.4, -0.2) is 25.2 Å². The molecule has 6 heteroatoms. The fraction of sp³-hybridized carbons (Fsp3) is 0.231. The maximum Gasteiger partial charge on any atom is 0.343 e. The molecule has 0 heterocycles. The van der Waals surface area contributed by atoms with Gasteiger partial charge in [0.15, 0.2) is 0 Å². The monoisotopic (exact) mass is 434 g/mol. The summed E-state index contributed by atoms with van der Waals surface area (Å²) in [6.07, 6.45) is 5.47. The van der Waals surface area contributed by atoms with Crippen LogP contribution >= 0.6 is 0 Å². The molecule has 0 aromatic heterocycles. The van der Waals surface area contributed by atoms with Crippen LogP contribution in [0.25, 0.3) is 0 Å². The van der Waals surface area contributed by atoms with Gasteiger partial charge in [-0.1, -0.05) is 5.57 Å². The van der Waals surface area contributed by atoms with Gasteiger partial charge < -0.3 is 18.9 Å². The quantitative estimate of drug-likeness (QED) is 0.527. The van der Waals surface area contributed by atoms with Crippen LogP contribution in [-0.2, 0) is 9.47 Å². The van der Waals surface area contributed by atoms with Crippen molar-refractivity contribution in [2.24, 2.45) is 0 Å². The van der Waals surface area contributed by atoms with Crippen molar-refractivity contribution in [2.45, 2.75) is 33.3 Å². The number of ether oxygens (including phenoxy) is 4. The summed E-state index contributed by atoms with van der Waals surface area (Å²) in [5.41, 5.74) is 1.71. The second-order valence-corrected chi connectivity index (χ2v) is 7.57. The largest absolute Gasteiger partial charge is 0.497 e. The number of benzene rings is 2. The second kappa shape index (κ2) is 10.5.